The molecule has 0 bridgehead atoms. The number of rotatable bonds is 3. The van der Waals surface area contributed by atoms with Crippen LogP contribution in [0.3, 0.4) is 0 Å². The van der Waals surface area contributed by atoms with E-state index < -0.39 is 0 Å². The molecule has 2 aromatic rings. The Kier molecular flexibility index (Phi) is 4.27. The number of aryl methyl sites for hydroxylation is 2. The largest absolute Gasteiger partial charge is 0.339 e. The van der Waals surface area contributed by atoms with Crippen molar-refractivity contribution in [2.45, 2.75) is 39.0 Å². The number of aromatic amines is 1. The van der Waals surface area contributed by atoms with E-state index in [0.29, 0.717) is 31.2 Å². The van der Waals surface area contributed by atoms with E-state index >= 15 is 0 Å². The molecular formula is C16H20N4O3. The lowest BCUT2D eigenvalue weighted by Crippen LogP contribution is -2.41. The fourth-order valence-electron chi connectivity index (χ4n) is 2.86. The molecule has 1 aliphatic heterocycles. The summed E-state index contributed by atoms with van der Waals surface area (Å²) < 4.78 is 5.16. The monoisotopic (exact) mass is 316 g/mol. The zero-order valence-corrected chi connectivity index (χ0v) is 13.3. The number of hydrogen-bond acceptors (Lipinski definition) is 5. The molecule has 0 spiro atoms. The number of likely N-dealkylation sites (tertiary alicyclic amines) is 1. The summed E-state index contributed by atoms with van der Waals surface area (Å²) in [5.74, 6) is 1.08. The molecule has 7 nitrogen and oxygen atoms in total. The summed E-state index contributed by atoms with van der Waals surface area (Å²) in [5, 5.41) is 4.01. The summed E-state index contributed by atoms with van der Waals surface area (Å²) in [7, 11) is 0. The van der Waals surface area contributed by atoms with Crippen LogP contribution < -0.4 is 5.56 Å². The van der Waals surface area contributed by atoms with Gasteiger partial charge in [-0.3, -0.25) is 9.59 Å². The van der Waals surface area contributed by atoms with E-state index in [0.717, 1.165) is 18.5 Å². The zero-order chi connectivity index (χ0) is 16.4. The molecular weight excluding hydrogens is 296 g/mol. The number of hydrogen-bond donors (Lipinski definition) is 1. The van der Waals surface area contributed by atoms with E-state index in [9.17, 15) is 9.59 Å². The highest BCUT2D eigenvalue weighted by atomic mass is 16.5. The number of piperidine rings is 1. The molecule has 1 aliphatic rings. The normalized spacial score (nSPS) is 18.2. The number of nitrogens with one attached hydrogen (secondary N) is 1. The highest BCUT2D eigenvalue weighted by molar-refractivity contribution is 5.93. The summed E-state index contributed by atoms with van der Waals surface area (Å²) in [6, 6.07) is 3.33. The molecule has 0 radical (unpaired) electrons. The van der Waals surface area contributed by atoms with Crippen LogP contribution >= 0.6 is 0 Å². The van der Waals surface area contributed by atoms with Gasteiger partial charge in [0.25, 0.3) is 11.5 Å². The number of carbonyl (C=O) groups is 1. The van der Waals surface area contributed by atoms with Crippen LogP contribution in [0.2, 0.25) is 0 Å². The molecule has 7 heteroatoms. The fraction of sp³-hybridized carbons (Fsp3) is 0.500. The first-order valence-corrected chi connectivity index (χ1v) is 7.90. The number of carbonyl (C=O) groups excluding carboxylic acids is 1. The standard InChI is InChI=1S/C16H20N4O3/c1-3-13-18-14(19-23-13)11-5-4-8-20(9-11)16(22)12-7-6-10(2)17-15(12)21/h6-7,11H,3-5,8-9H2,1-2H3,(H,17,21)/t11-/m1/s1. The number of nitrogens with zero attached hydrogens (tertiary/aromatic N) is 3. The lowest BCUT2D eigenvalue weighted by atomic mass is 9.97. The summed E-state index contributed by atoms with van der Waals surface area (Å²) in [4.78, 5) is 33.3. The first-order chi connectivity index (χ1) is 11.1. The molecule has 122 valence electrons. The molecule has 1 N–H and O–H groups in total. The molecule has 0 aliphatic carbocycles. The molecule has 3 heterocycles. The summed E-state index contributed by atoms with van der Waals surface area (Å²) in [6.45, 7) is 4.89. The van der Waals surface area contributed by atoms with Gasteiger partial charge < -0.3 is 14.4 Å². The second-order valence-corrected chi connectivity index (χ2v) is 5.87. The van der Waals surface area contributed by atoms with Gasteiger partial charge in [0.15, 0.2) is 5.82 Å². The maximum absolute atomic E-state index is 12.6. The Morgan fingerprint density at radius 1 is 1.48 bits per heavy atom. The third-order valence-corrected chi connectivity index (χ3v) is 4.15. The number of pyridine rings is 1. The Hall–Kier alpha value is -2.44. The average Bonchev–Trinajstić information content (AvgIpc) is 3.03. The second-order valence-electron chi connectivity index (χ2n) is 5.87. The Morgan fingerprint density at radius 2 is 2.30 bits per heavy atom. The SMILES string of the molecule is CCc1nc([C@@H]2CCCN(C(=O)c3ccc(C)[nH]c3=O)C2)no1. The summed E-state index contributed by atoms with van der Waals surface area (Å²) in [6.07, 6.45) is 2.47. The van der Waals surface area contributed by atoms with Crippen molar-refractivity contribution in [3.63, 3.8) is 0 Å². The number of aromatic nitrogens is 3. The molecule has 1 fully saturated rings. The van der Waals surface area contributed by atoms with Crippen molar-refractivity contribution in [3.8, 4) is 0 Å². The highest BCUT2D eigenvalue weighted by Gasteiger charge is 2.29. The lowest BCUT2D eigenvalue weighted by Gasteiger charge is -2.31. The van der Waals surface area contributed by atoms with Gasteiger partial charge >= 0.3 is 0 Å². The van der Waals surface area contributed by atoms with Gasteiger partial charge in [-0.15, -0.1) is 0 Å². The first kappa shape index (κ1) is 15.5. The van der Waals surface area contributed by atoms with E-state index in [1.165, 1.54) is 0 Å². The van der Waals surface area contributed by atoms with Crippen molar-refractivity contribution in [3.05, 3.63) is 45.5 Å². The molecule has 23 heavy (non-hydrogen) atoms. The maximum atomic E-state index is 12.6. The molecule has 0 unspecified atom stereocenters. The van der Waals surface area contributed by atoms with Gasteiger partial charge in [-0.2, -0.15) is 4.98 Å². The van der Waals surface area contributed by atoms with E-state index in [1.54, 1.807) is 24.0 Å². The molecule has 1 saturated heterocycles. The van der Waals surface area contributed by atoms with Gasteiger partial charge in [0.2, 0.25) is 5.89 Å². The van der Waals surface area contributed by atoms with Gasteiger partial charge in [-0.25, -0.2) is 0 Å². The first-order valence-electron chi connectivity index (χ1n) is 7.90. The highest BCUT2D eigenvalue weighted by Crippen LogP contribution is 2.25. The molecule has 0 aromatic carbocycles. The average molecular weight is 316 g/mol. The third kappa shape index (κ3) is 3.18. The van der Waals surface area contributed by atoms with Crippen molar-refractivity contribution in [1.82, 2.24) is 20.0 Å². The maximum Gasteiger partial charge on any atom is 0.260 e. The van der Waals surface area contributed by atoms with E-state index in [-0.39, 0.29) is 22.9 Å². The summed E-state index contributed by atoms with van der Waals surface area (Å²) >= 11 is 0. The molecule has 3 rings (SSSR count). The Balaban J connectivity index is 1.77. The van der Waals surface area contributed by atoms with Gasteiger partial charge in [-0.1, -0.05) is 12.1 Å². The minimum absolute atomic E-state index is 0.0567. The van der Waals surface area contributed by atoms with Crippen molar-refractivity contribution in [1.29, 1.82) is 0 Å². The van der Waals surface area contributed by atoms with Crippen LogP contribution in [0, 0.1) is 6.92 Å². The van der Waals surface area contributed by atoms with E-state index in [1.807, 2.05) is 6.92 Å². The number of H-pyrrole nitrogens is 1. The Labute approximate surface area is 133 Å². The van der Waals surface area contributed by atoms with Crippen LogP contribution in [0.25, 0.3) is 0 Å². The van der Waals surface area contributed by atoms with E-state index in [4.69, 9.17) is 4.52 Å². The summed E-state index contributed by atoms with van der Waals surface area (Å²) in [5.41, 5.74) is 0.575. The Morgan fingerprint density at radius 3 is 3.00 bits per heavy atom. The topological polar surface area (TPSA) is 92.1 Å². The lowest BCUT2D eigenvalue weighted by molar-refractivity contribution is 0.0701. The third-order valence-electron chi connectivity index (χ3n) is 4.15. The molecule has 2 aromatic heterocycles. The second kappa shape index (κ2) is 6.36. The van der Waals surface area contributed by atoms with Crippen LogP contribution in [0.4, 0.5) is 0 Å². The molecule has 1 amide bonds. The van der Waals surface area contributed by atoms with Crippen molar-refractivity contribution in [2.75, 3.05) is 13.1 Å². The Bertz CT molecular complexity index is 765. The van der Waals surface area contributed by atoms with Crippen LogP contribution in [0.5, 0.6) is 0 Å². The van der Waals surface area contributed by atoms with Gasteiger partial charge in [0.1, 0.15) is 5.56 Å². The van der Waals surface area contributed by atoms with Crippen LogP contribution in [0.15, 0.2) is 21.5 Å². The van der Waals surface area contributed by atoms with Crippen molar-refractivity contribution in [2.24, 2.45) is 0 Å². The van der Waals surface area contributed by atoms with Gasteiger partial charge in [0.05, 0.1) is 0 Å². The van der Waals surface area contributed by atoms with Crippen molar-refractivity contribution >= 4 is 5.91 Å². The zero-order valence-electron chi connectivity index (χ0n) is 13.3. The quantitative estimate of drug-likeness (QED) is 0.929. The van der Waals surface area contributed by atoms with Gasteiger partial charge in [0, 0.05) is 31.1 Å². The van der Waals surface area contributed by atoms with Crippen LogP contribution in [0.1, 0.15) is 53.5 Å². The minimum Gasteiger partial charge on any atom is -0.339 e. The molecule has 0 saturated carbocycles. The predicted octanol–water partition coefficient (Wildman–Crippen LogP) is 1.65. The molecule has 1 atom stereocenters. The minimum atomic E-state index is -0.343. The van der Waals surface area contributed by atoms with Crippen molar-refractivity contribution < 1.29 is 9.32 Å². The van der Waals surface area contributed by atoms with Gasteiger partial charge in [-0.05, 0) is 31.9 Å². The predicted molar refractivity (Wildman–Crippen MR) is 83.4 cm³/mol. The van der Waals surface area contributed by atoms with E-state index in [2.05, 4.69) is 15.1 Å². The van der Waals surface area contributed by atoms with Crippen LogP contribution in [-0.4, -0.2) is 39.0 Å². The van der Waals surface area contributed by atoms with Crippen LogP contribution in [-0.2, 0) is 6.42 Å². The number of amides is 1. The smallest absolute Gasteiger partial charge is 0.260 e. The fourth-order valence-corrected chi connectivity index (χ4v) is 2.86.